The number of nitrogens with zero attached hydrogens (tertiary/aromatic N) is 3. The number of aryl methyl sites for hydroxylation is 1. The molecule has 1 unspecified atom stereocenters. The van der Waals surface area contributed by atoms with Crippen LogP contribution in [0.1, 0.15) is 29.7 Å². The van der Waals surface area contributed by atoms with Crippen molar-refractivity contribution in [2.45, 2.75) is 38.9 Å². The highest BCUT2D eigenvalue weighted by molar-refractivity contribution is 6.39. The Morgan fingerprint density at radius 1 is 0.980 bits per heavy atom. The number of carboxylic acids is 1. The zero-order chi connectivity index (χ0) is 34.7. The summed E-state index contributed by atoms with van der Waals surface area (Å²) in [5.74, 6) is -0.447. The van der Waals surface area contributed by atoms with E-state index in [4.69, 9.17) is 38.0 Å². The molecule has 0 aliphatic carbocycles. The molecule has 5 aromatic rings. The highest BCUT2D eigenvalue weighted by atomic mass is 35.5. The van der Waals surface area contributed by atoms with E-state index in [-0.39, 0.29) is 30.6 Å². The summed E-state index contributed by atoms with van der Waals surface area (Å²) in [4.78, 5) is 44.8. The number of aromatic nitrogens is 3. The van der Waals surface area contributed by atoms with E-state index in [0.717, 1.165) is 34.2 Å². The number of hydrogen-bond acceptors (Lipinski definition) is 8. The van der Waals surface area contributed by atoms with Crippen molar-refractivity contribution in [3.8, 4) is 39.4 Å². The van der Waals surface area contributed by atoms with Crippen LogP contribution in [0.3, 0.4) is 0 Å². The first-order valence-corrected chi connectivity index (χ1v) is 16.5. The Balaban J connectivity index is 1.28. The molecule has 0 saturated carbocycles. The quantitative estimate of drug-likeness (QED) is 0.137. The van der Waals surface area contributed by atoms with E-state index < -0.39 is 5.97 Å². The Kier molecular flexibility index (Phi) is 10.3. The van der Waals surface area contributed by atoms with Gasteiger partial charge in [0.05, 0.1) is 35.0 Å². The third kappa shape index (κ3) is 7.30. The van der Waals surface area contributed by atoms with Crippen LogP contribution in [-0.4, -0.2) is 57.6 Å². The summed E-state index contributed by atoms with van der Waals surface area (Å²) in [6.45, 7) is 2.82. The number of amides is 1. The second kappa shape index (κ2) is 14.8. The molecule has 13 heteroatoms. The number of pyridine rings is 2. The Labute approximate surface area is 292 Å². The molecular weight excluding hydrogens is 667 g/mol. The number of fused-ring (bicyclic) bond motifs is 1. The molecule has 3 aromatic heterocycles. The first-order valence-electron chi connectivity index (χ1n) is 15.7. The average Bonchev–Trinajstić information content (AvgIpc) is 3.50. The number of rotatable bonds is 12. The summed E-state index contributed by atoms with van der Waals surface area (Å²) < 4.78 is 7.13. The number of benzene rings is 2. The molecule has 1 amide bonds. The molecule has 49 heavy (non-hydrogen) atoms. The predicted octanol–water partition coefficient (Wildman–Crippen LogP) is 5.26. The van der Waals surface area contributed by atoms with Crippen LogP contribution in [0, 0.1) is 6.92 Å². The highest BCUT2D eigenvalue weighted by Gasteiger charge is 2.21. The standard InChI is InChI=1S/C36H34Cl2N6O5/c1-20-13-22(14-30-41-17-23(36(48)44(20)30)16-40-19-32(46)47)25-5-3-6-26(33(25)37)27-7-4-8-28(34(27)38)29-11-9-21(35(43-29)49-2)15-39-18-24-10-12-31(45)42-24/h3-9,11,13-14,17,24,39-40H,10,12,15-16,18-19H2,1-2H3,(H,42,45)(H,46,47). The van der Waals surface area contributed by atoms with Gasteiger partial charge in [-0.15, -0.1) is 0 Å². The minimum absolute atomic E-state index is 0.0853. The van der Waals surface area contributed by atoms with Gasteiger partial charge in [-0.3, -0.25) is 18.8 Å². The molecule has 4 heterocycles. The maximum absolute atomic E-state index is 13.2. The molecule has 1 saturated heterocycles. The molecule has 0 radical (unpaired) electrons. The fourth-order valence-electron chi connectivity index (χ4n) is 6.04. The van der Waals surface area contributed by atoms with Gasteiger partial charge in [0.1, 0.15) is 5.65 Å². The highest BCUT2D eigenvalue weighted by Crippen LogP contribution is 2.42. The number of hydrogen-bond donors (Lipinski definition) is 4. The Morgan fingerprint density at radius 2 is 1.67 bits per heavy atom. The van der Waals surface area contributed by atoms with E-state index in [1.165, 1.54) is 10.6 Å². The lowest BCUT2D eigenvalue weighted by molar-refractivity contribution is -0.136. The van der Waals surface area contributed by atoms with Crippen molar-refractivity contribution in [2.24, 2.45) is 0 Å². The van der Waals surface area contributed by atoms with E-state index in [1.54, 1.807) is 13.2 Å². The van der Waals surface area contributed by atoms with Crippen LogP contribution in [0.5, 0.6) is 5.88 Å². The van der Waals surface area contributed by atoms with E-state index >= 15 is 0 Å². The van der Waals surface area contributed by atoms with Crippen LogP contribution in [-0.2, 0) is 22.7 Å². The maximum Gasteiger partial charge on any atom is 0.317 e. The number of carboxylic acid groups (broad SMARTS) is 1. The Morgan fingerprint density at radius 3 is 2.37 bits per heavy atom. The number of methoxy groups -OCH3 is 1. The molecule has 0 spiro atoms. The van der Waals surface area contributed by atoms with Gasteiger partial charge >= 0.3 is 5.97 Å². The largest absolute Gasteiger partial charge is 0.481 e. The first kappa shape index (κ1) is 34.1. The second-order valence-electron chi connectivity index (χ2n) is 11.8. The lowest BCUT2D eigenvalue weighted by atomic mass is 9.96. The fraction of sp³-hybridized carbons (Fsp3) is 0.250. The number of nitrogens with one attached hydrogen (secondary N) is 3. The fourth-order valence-corrected chi connectivity index (χ4v) is 6.70. The summed E-state index contributed by atoms with van der Waals surface area (Å²) in [5.41, 5.74) is 6.36. The van der Waals surface area contributed by atoms with Crippen molar-refractivity contribution in [3.05, 3.63) is 104 Å². The van der Waals surface area contributed by atoms with Crippen LogP contribution in [0.15, 0.2) is 71.7 Å². The van der Waals surface area contributed by atoms with Gasteiger partial charge in [-0.05, 0) is 37.1 Å². The van der Waals surface area contributed by atoms with Crippen molar-refractivity contribution >= 4 is 40.7 Å². The molecule has 0 bridgehead atoms. The molecule has 6 rings (SSSR count). The molecule has 2 aromatic carbocycles. The van der Waals surface area contributed by atoms with Gasteiger partial charge in [0.15, 0.2) is 0 Å². The minimum atomic E-state index is -1.01. The lowest BCUT2D eigenvalue weighted by Gasteiger charge is -2.16. The third-order valence-electron chi connectivity index (χ3n) is 8.45. The smallest absolute Gasteiger partial charge is 0.317 e. The van der Waals surface area contributed by atoms with E-state index in [2.05, 4.69) is 20.9 Å². The van der Waals surface area contributed by atoms with Gasteiger partial charge < -0.3 is 25.8 Å². The van der Waals surface area contributed by atoms with Crippen molar-refractivity contribution in [3.63, 3.8) is 0 Å². The topological polar surface area (TPSA) is 147 Å². The normalized spacial score (nSPS) is 14.3. The second-order valence-corrected chi connectivity index (χ2v) is 12.6. The molecular formula is C36H34Cl2N6O5. The molecule has 4 N–H and O–H groups in total. The number of carbonyl (C=O) groups excluding carboxylic acids is 1. The van der Waals surface area contributed by atoms with Crippen LogP contribution in [0.4, 0.5) is 0 Å². The first-order chi connectivity index (χ1) is 23.6. The van der Waals surface area contributed by atoms with Crippen LogP contribution in [0.2, 0.25) is 10.0 Å². The van der Waals surface area contributed by atoms with Crippen molar-refractivity contribution < 1.29 is 19.4 Å². The molecule has 1 atom stereocenters. The molecule has 1 aliphatic heterocycles. The third-order valence-corrected chi connectivity index (χ3v) is 9.27. The Hall–Kier alpha value is -4.81. The molecule has 252 valence electrons. The molecule has 11 nitrogen and oxygen atoms in total. The molecule has 1 fully saturated rings. The summed E-state index contributed by atoms with van der Waals surface area (Å²) >= 11 is 14.2. The van der Waals surface area contributed by atoms with Gasteiger partial charge in [0.2, 0.25) is 11.8 Å². The maximum atomic E-state index is 13.2. The summed E-state index contributed by atoms with van der Waals surface area (Å²) in [6.07, 6.45) is 2.84. The predicted molar refractivity (Wildman–Crippen MR) is 189 cm³/mol. The number of halogens is 2. The van der Waals surface area contributed by atoms with Crippen LogP contribution >= 0.6 is 23.2 Å². The van der Waals surface area contributed by atoms with Crippen LogP contribution in [0.25, 0.3) is 39.2 Å². The summed E-state index contributed by atoms with van der Waals surface area (Å²) in [6, 6.07) is 19.0. The number of ether oxygens (including phenoxy) is 1. The van der Waals surface area contributed by atoms with Crippen molar-refractivity contribution in [2.75, 3.05) is 20.2 Å². The SMILES string of the molecule is COc1nc(-c2cccc(-c3cccc(-c4cc(C)n5c(=O)c(CNCC(=O)O)cnc5c4)c3Cl)c2Cl)ccc1CNCC1CCC(=O)N1. The van der Waals surface area contributed by atoms with E-state index in [1.807, 2.05) is 61.5 Å². The van der Waals surface area contributed by atoms with Gasteiger partial charge in [-0.1, -0.05) is 65.7 Å². The monoisotopic (exact) mass is 700 g/mol. The summed E-state index contributed by atoms with van der Waals surface area (Å²) in [5, 5.41) is 18.9. The van der Waals surface area contributed by atoms with Gasteiger partial charge in [0, 0.05) is 71.8 Å². The number of aliphatic carboxylic acids is 1. The van der Waals surface area contributed by atoms with E-state index in [9.17, 15) is 14.4 Å². The zero-order valence-corrected chi connectivity index (χ0v) is 28.4. The van der Waals surface area contributed by atoms with Gasteiger partial charge in [0.25, 0.3) is 5.56 Å². The lowest BCUT2D eigenvalue weighted by Crippen LogP contribution is -2.35. The zero-order valence-electron chi connectivity index (χ0n) is 26.8. The van der Waals surface area contributed by atoms with E-state index in [0.29, 0.717) is 63.6 Å². The van der Waals surface area contributed by atoms with Crippen LogP contribution < -0.4 is 26.2 Å². The van der Waals surface area contributed by atoms with Crippen molar-refractivity contribution in [1.82, 2.24) is 30.3 Å². The molecule has 1 aliphatic rings. The number of carbonyl (C=O) groups is 2. The van der Waals surface area contributed by atoms with Gasteiger partial charge in [-0.2, -0.15) is 0 Å². The average molecular weight is 702 g/mol. The van der Waals surface area contributed by atoms with Crippen molar-refractivity contribution in [1.29, 1.82) is 0 Å². The minimum Gasteiger partial charge on any atom is -0.481 e. The Bertz CT molecular complexity index is 2140. The van der Waals surface area contributed by atoms with Gasteiger partial charge in [-0.25, -0.2) is 9.97 Å². The summed E-state index contributed by atoms with van der Waals surface area (Å²) in [7, 11) is 1.58.